The van der Waals surface area contributed by atoms with Crippen molar-refractivity contribution >= 4 is 39.9 Å². The van der Waals surface area contributed by atoms with E-state index in [1.165, 1.54) is 4.31 Å². The summed E-state index contributed by atoms with van der Waals surface area (Å²) in [6.07, 6.45) is -0.00651. The van der Waals surface area contributed by atoms with Gasteiger partial charge in [-0.15, -0.1) is 12.4 Å². The lowest BCUT2D eigenvalue weighted by Gasteiger charge is -2.50. The molecule has 1 saturated heterocycles. The van der Waals surface area contributed by atoms with Crippen molar-refractivity contribution in [1.29, 1.82) is 0 Å². The van der Waals surface area contributed by atoms with E-state index in [9.17, 15) is 30.8 Å². The Morgan fingerprint density at radius 3 is 2.18 bits per heavy atom. The number of halogens is 6. The van der Waals surface area contributed by atoms with E-state index in [-0.39, 0.29) is 74.1 Å². The largest absolute Gasteiger partial charge is 0.350 e. The van der Waals surface area contributed by atoms with Gasteiger partial charge in [0, 0.05) is 51.1 Å². The molecule has 1 saturated carbocycles. The van der Waals surface area contributed by atoms with Crippen LogP contribution in [0.15, 0.2) is 12.1 Å². The van der Waals surface area contributed by atoms with Crippen molar-refractivity contribution in [2.75, 3.05) is 38.5 Å². The standard InChI is InChI=1S/C21H28ClF4N3O3S.ClH/c1-2-11-33(31,32)29-9-7-28(8-10-29)20(3-5-21(25,26)6-4-20)14-27-19(30)15-12-17(23)18(24)13-16(15)22;/h12-13H,2-11,14H2,1H3,(H,27,30);1H. The van der Waals surface area contributed by atoms with Crippen LogP contribution in [0.4, 0.5) is 17.6 Å². The number of carbonyl (C=O) groups excluding carboxylic acids is 1. The zero-order valence-electron chi connectivity index (χ0n) is 18.8. The SMILES string of the molecule is CCCS(=O)(=O)N1CCN(C2(CNC(=O)c3cc(F)c(F)cc3Cl)CCC(F)(F)CC2)CC1.Cl. The van der Waals surface area contributed by atoms with Gasteiger partial charge in [-0.25, -0.2) is 26.0 Å². The predicted octanol–water partition coefficient (Wildman–Crippen LogP) is 4.08. The first-order chi connectivity index (χ1) is 15.4. The van der Waals surface area contributed by atoms with Gasteiger partial charge in [0.15, 0.2) is 11.6 Å². The Kier molecular flexibility index (Phi) is 9.65. The molecule has 0 unspecified atom stereocenters. The van der Waals surface area contributed by atoms with Gasteiger partial charge in [-0.2, -0.15) is 4.31 Å². The van der Waals surface area contributed by atoms with E-state index in [1.54, 1.807) is 6.92 Å². The van der Waals surface area contributed by atoms with Crippen LogP contribution < -0.4 is 5.32 Å². The monoisotopic (exact) mass is 549 g/mol. The number of sulfonamides is 1. The highest BCUT2D eigenvalue weighted by Crippen LogP contribution is 2.42. The summed E-state index contributed by atoms with van der Waals surface area (Å²) in [5, 5.41) is 2.39. The number of hydrogen-bond acceptors (Lipinski definition) is 4. The van der Waals surface area contributed by atoms with E-state index in [0.717, 1.165) is 0 Å². The summed E-state index contributed by atoms with van der Waals surface area (Å²) in [4.78, 5) is 14.6. The molecule has 1 aromatic carbocycles. The Hall–Kier alpha value is -1.14. The number of amides is 1. The molecule has 0 spiro atoms. The quantitative estimate of drug-likeness (QED) is 0.411. The highest BCUT2D eigenvalue weighted by atomic mass is 35.5. The van der Waals surface area contributed by atoms with E-state index >= 15 is 0 Å². The van der Waals surface area contributed by atoms with Gasteiger partial charge >= 0.3 is 0 Å². The maximum absolute atomic E-state index is 13.9. The minimum absolute atomic E-state index is 0. The average molecular weight is 550 g/mol. The molecule has 0 atom stereocenters. The van der Waals surface area contributed by atoms with Gasteiger partial charge in [0.1, 0.15) is 0 Å². The molecule has 1 amide bonds. The van der Waals surface area contributed by atoms with Gasteiger partial charge in [0.2, 0.25) is 15.9 Å². The second-order valence-corrected chi connectivity index (χ2v) is 11.2. The summed E-state index contributed by atoms with van der Waals surface area (Å²) < 4.78 is 80.9. The molecule has 2 aliphatic rings. The van der Waals surface area contributed by atoms with Crippen LogP contribution in [0.1, 0.15) is 49.4 Å². The van der Waals surface area contributed by atoms with Crippen LogP contribution in [-0.2, 0) is 10.0 Å². The van der Waals surface area contributed by atoms with E-state index in [0.29, 0.717) is 31.6 Å². The van der Waals surface area contributed by atoms with Crippen LogP contribution >= 0.6 is 24.0 Å². The molecule has 1 heterocycles. The summed E-state index contributed by atoms with van der Waals surface area (Å²) in [6.45, 7) is 2.95. The molecule has 6 nitrogen and oxygen atoms in total. The fraction of sp³-hybridized carbons (Fsp3) is 0.667. The first-order valence-corrected chi connectivity index (χ1v) is 12.9. The van der Waals surface area contributed by atoms with Gasteiger partial charge in [0.25, 0.3) is 5.91 Å². The third kappa shape index (κ3) is 6.54. The maximum Gasteiger partial charge on any atom is 0.252 e. The second-order valence-electron chi connectivity index (χ2n) is 8.71. The normalized spacial score (nSPS) is 21.0. The van der Waals surface area contributed by atoms with Crippen LogP contribution in [0, 0.1) is 11.6 Å². The number of benzene rings is 1. The Labute approximate surface area is 208 Å². The van der Waals surface area contributed by atoms with E-state index in [1.807, 2.05) is 4.90 Å². The Balaban J connectivity index is 0.00000408. The van der Waals surface area contributed by atoms with E-state index < -0.39 is 39.0 Å². The lowest BCUT2D eigenvalue weighted by Crippen LogP contribution is -2.63. The Morgan fingerprint density at radius 2 is 1.62 bits per heavy atom. The summed E-state index contributed by atoms with van der Waals surface area (Å²) in [7, 11) is -3.36. The fourth-order valence-electron chi connectivity index (χ4n) is 4.55. The van der Waals surface area contributed by atoms with Gasteiger partial charge < -0.3 is 5.32 Å². The zero-order valence-corrected chi connectivity index (χ0v) is 21.1. The van der Waals surface area contributed by atoms with Crippen LogP contribution in [0.25, 0.3) is 0 Å². The molecule has 3 rings (SSSR count). The van der Waals surface area contributed by atoms with Crippen molar-refractivity contribution in [2.45, 2.75) is 50.5 Å². The first kappa shape index (κ1) is 29.1. The molecular weight excluding hydrogens is 521 g/mol. The van der Waals surface area contributed by atoms with Crippen LogP contribution in [-0.4, -0.2) is 73.5 Å². The van der Waals surface area contributed by atoms with Gasteiger partial charge in [-0.1, -0.05) is 18.5 Å². The van der Waals surface area contributed by atoms with Crippen molar-refractivity contribution in [2.24, 2.45) is 0 Å². The minimum Gasteiger partial charge on any atom is -0.350 e. The Bertz CT molecular complexity index is 980. The molecule has 13 heteroatoms. The van der Waals surface area contributed by atoms with Crippen LogP contribution in [0.5, 0.6) is 0 Å². The van der Waals surface area contributed by atoms with Crippen LogP contribution in [0.3, 0.4) is 0 Å². The number of nitrogens with zero attached hydrogens (tertiary/aromatic N) is 2. The van der Waals surface area contributed by atoms with Crippen molar-refractivity contribution < 1.29 is 30.8 Å². The van der Waals surface area contributed by atoms with E-state index in [4.69, 9.17) is 11.6 Å². The third-order valence-electron chi connectivity index (χ3n) is 6.51. The molecule has 0 radical (unpaired) electrons. The zero-order chi connectivity index (χ0) is 24.4. The van der Waals surface area contributed by atoms with Crippen molar-refractivity contribution in [3.63, 3.8) is 0 Å². The molecule has 1 aromatic rings. The van der Waals surface area contributed by atoms with Gasteiger partial charge in [-0.3, -0.25) is 9.69 Å². The lowest BCUT2D eigenvalue weighted by atomic mass is 9.78. The molecule has 1 N–H and O–H groups in total. The molecule has 34 heavy (non-hydrogen) atoms. The predicted molar refractivity (Wildman–Crippen MR) is 124 cm³/mol. The highest BCUT2D eigenvalue weighted by Gasteiger charge is 2.47. The van der Waals surface area contributed by atoms with Crippen molar-refractivity contribution in [3.05, 3.63) is 34.4 Å². The van der Waals surface area contributed by atoms with E-state index in [2.05, 4.69) is 5.32 Å². The molecule has 0 aromatic heterocycles. The smallest absolute Gasteiger partial charge is 0.252 e. The number of carbonyl (C=O) groups is 1. The number of nitrogens with one attached hydrogen (secondary N) is 1. The summed E-state index contributed by atoms with van der Waals surface area (Å²) in [6, 6.07) is 1.41. The molecular formula is C21H29Cl2F4N3O3S. The van der Waals surface area contributed by atoms with Crippen molar-refractivity contribution in [3.8, 4) is 0 Å². The highest BCUT2D eigenvalue weighted by molar-refractivity contribution is 7.89. The average Bonchev–Trinajstić information content (AvgIpc) is 2.76. The molecule has 1 aliphatic heterocycles. The topological polar surface area (TPSA) is 69.7 Å². The molecule has 194 valence electrons. The second kappa shape index (κ2) is 11.3. The number of alkyl halides is 2. The summed E-state index contributed by atoms with van der Waals surface area (Å²) >= 11 is 5.88. The first-order valence-electron chi connectivity index (χ1n) is 10.9. The third-order valence-corrected chi connectivity index (χ3v) is 8.90. The Morgan fingerprint density at radius 1 is 1.06 bits per heavy atom. The number of piperazine rings is 1. The van der Waals surface area contributed by atoms with Crippen LogP contribution in [0.2, 0.25) is 5.02 Å². The molecule has 2 fully saturated rings. The number of hydrogen-bond donors (Lipinski definition) is 1. The van der Waals surface area contributed by atoms with Gasteiger partial charge in [0.05, 0.1) is 16.3 Å². The van der Waals surface area contributed by atoms with Gasteiger partial charge in [-0.05, 0) is 31.4 Å². The minimum atomic E-state index is -3.36. The summed E-state index contributed by atoms with van der Waals surface area (Å²) in [5.41, 5.74) is -1.05. The lowest BCUT2D eigenvalue weighted by molar-refractivity contribution is -0.0856. The fourth-order valence-corrected chi connectivity index (χ4v) is 6.28. The number of rotatable bonds is 7. The van der Waals surface area contributed by atoms with Crippen molar-refractivity contribution in [1.82, 2.24) is 14.5 Å². The summed E-state index contributed by atoms with van der Waals surface area (Å²) in [5.74, 6) is -5.89. The molecule has 1 aliphatic carbocycles. The maximum atomic E-state index is 13.9. The molecule has 0 bridgehead atoms.